The molecule has 0 amide bonds. The highest BCUT2D eigenvalue weighted by molar-refractivity contribution is 5.88. The smallest absolute Gasteiger partial charge is 0.318 e. The van der Waals surface area contributed by atoms with Crippen LogP contribution in [0, 0.1) is 49.4 Å². The van der Waals surface area contributed by atoms with Gasteiger partial charge in [-0.3, -0.25) is 4.79 Å². The largest absolute Gasteiger partial charge is 0.480 e. The predicted molar refractivity (Wildman–Crippen MR) is 126 cm³/mol. The molecule has 4 nitrogen and oxygen atoms in total. The van der Waals surface area contributed by atoms with Gasteiger partial charge in [-0.25, -0.2) is 0 Å². The van der Waals surface area contributed by atoms with Gasteiger partial charge in [-0.05, 0) is 52.4 Å². The van der Waals surface area contributed by atoms with Crippen LogP contribution in [-0.2, 0) is 35.9 Å². The van der Waals surface area contributed by atoms with E-state index in [4.69, 9.17) is 37.2 Å². The predicted octanol–water partition coefficient (Wildman–Crippen LogP) is 2.94. The van der Waals surface area contributed by atoms with E-state index < -0.39 is 11.4 Å². The summed E-state index contributed by atoms with van der Waals surface area (Å²) in [5.74, 6) is 9.27. The monoisotopic (exact) mass is 408 g/mol. The van der Waals surface area contributed by atoms with Gasteiger partial charge in [-0.1, -0.05) is 12.1 Å². The SMILES string of the molecule is C#CCc1c(N)ccc(C(C)(C(=O)O)c2ccc(N)c(CC#C)c2CC#C)c1CC#C. The van der Waals surface area contributed by atoms with E-state index in [-0.39, 0.29) is 25.7 Å². The van der Waals surface area contributed by atoms with Crippen molar-refractivity contribution in [3.8, 4) is 49.4 Å². The van der Waals surface area contributed by atoms with E-state index in [1.54, 1.807) is 31.2 Å². The Morgan fingerprint density at radius 3 is 1.39 bits per heavy atom. The summed E-state index contributed by atoms with van der Waals surface area (Å²) in [6.07, 6.45) is 23.1. The molecule has 0 saturated heterocycles. The lowest BCUT2D eigenvalue weighted by Crippen LogP contribution is -2.36. The van der Waals surface area contributed by atoms with Crippen molar-refractivity contribution in [2.45, 2.75) is 38.0 Å². The number of carboxylic acid groups (broad SMARTS) is 1. The molecule has 0 spiro atoms. The minimum Gasteiger partial charge on any atom is -0.480 e. The lowest BCUT2D eigenvalue weighted by molar-refractivity contribution is -0.141. The molecule has 0 fully saturated rings. The summed E-state index contributed by atoms with van der Waals surface area (Å²) in [5.41, 5.74) is 15.3. The normalized spacial score (nSPS) is 10.4. The third kappa shape index (κ3) is 4.07. The number of aliphatic carboxylic acids is 1. The van der Waals surface area contributed by atoms with Gasteiger partial charge < -0.3 is 16.6 Å². The summed E-state index contributed by atoms with van der Waals surface area (Å²) < 4.78 is 0. The molecule has 0 unspecified atom stereocenters. The first-order chi connectivity index (χ1) is 14.8. The molecular weight excluding hydrogens is 384 g/mol. The first-order valence-electron chi connectivity index (χ1n) is 9.56. The number of carbonyl (C=O) groups is 1. The molecule has 0 aliphatic heterocycles. The minimum absolute atomic E-state index is 0.177. The quantitative estimate of drug-likeness (QED) is 0.485. The molecule has 154 valence electrons. The Balaban J connectivity index is 3.00. The van der Waals surface area contributed by atoms with Crippen LogP contribution >= 0.6 is 0 Å². The second-order valence-electron chi connectivity index (χ2n) is 7.27. The third-order valence-electron chi connectivity index (χ3n) is 5.56. The van der Waals surface area contributed by atoms with Crippen LogP contribution < -0.4 is 11.5 Å². The van der Waals surface area contributed by atoms with E-state index in [9.17, 15) is 9.90 Å². The second kappa shape index (κ2) is 9.50. The summed E-state index contributed by atoms with van der Waals surface area (Å²) in [4.78, 5) is 12.8. The van der Waals surface area contributed by atoms with Crippen LogP contribution in [-0.4, -0.2) is 11.1 Å². The summed E-state index contributed by atoms with van der Waals surface area (Å²) in [6, 6.07) is 6.69. The van der Waals surface area contributed by atoms with Crippen molar-refractivity contribution in [1.29, 1.82) is 0 Å². The first kappa shape index (κ1) is 23.0. The Bertz CT molecular complexity index is 1110. The molecule has 5 N–H and O–H groups in total. The number of benzene rings is 2. The number of hydrogen-bond donors (Lipinski definition) is 3. The lowest BCUT2D eigenvalue weighted by atomic mass is 9.70. The lowest BCUT2D eigenvalue weighted by Gasteiger charge is -2.32. The van der Waals surface area contributed by atoms with Gasteiger partial charge in [0.1, 0.15) is 5.41 Å². The maximum Gasteiger partial charge on any atom is 0.318 e. The average Bonchev–Trinajstić information content (AvgIpc) is 2.73. The third-order valence-corrected chi connectivity index (χ3v) is 5.56. The molecule has 0 atom stereocenters. The molecule has 0 saturated carbocycles. The molecule has 0 radical (unpaired) electrons. The van der Waals surface area contributed by atoms with E-state index in [0.717, 1.165) is 0 Å². The van der Waals surface area contributed by atoms with Crippen molar-refractivity contribution in [3.05, 3.63) is 57.6 Å². The number of carboxylic acids is 1. The molecule has 31 heavy (non-hydrogen) atoms. The molecule has 2 aromatic carbocycles. The molecule has 4 heteroatoms. The zero-order valence-corrected chi connectivity index (χ0v) is 17.5. The zero-order chi connectivity index (χ0) is 23.2. The summed E-state index contributed by atoms with van der Waals surface area (Å²) in [7, 11) is 0. The summed E-state index contributed by atoms with van der Waals surface area (Å²) in [5, 5.41) is 10.5. The molecule has 0 heterocycles. The second-order valence-corrected chi connectivity index (χ2v) is 7.27. The highest BCUT2D eigenvalue weighted by Gasteiger charge is 2.41. The van der Waals surface area contributed by atoms with Crippen molar-refractivity contribution < 1.29 is 9.90 Å². The number of nitrogen functional groups attached to an aromatic ring is 2. The minimum atomic E-state index is -1.49. The average molecular weight is 409 g/mol. The van der Waals surface area contributed by atoms with Gasteiger partial charge in [-0.15, -0.1) is 49.4 Å². The maximum atomic E-state index is 12.8. The fraction of sp³-hybridized carbons (Fsp3) is 0.222. The van der Waals surface area contributed by atoms with Gasteiger partial charge in [0.2, 0.25) is 0 Å². The van der Waals surface area contributed by atoms with Crippen LogP contribution in [0.1, 0.15) is 40.3 Å². The van der Waals surface area contributed by atoms with Gasteiger partial charge >= 0.3 is 5.97 Å². The zero-order valence-electron chi connectivity index (χ0n) is 17.5. The van der Waals surface area contributed by atoms with Crippen LogP contribution in [0.2, 0.25) is 0 Å². The van der Waals surface area contributed by atoms with E-state index in [2.05, 4.69) is 23.7 Å². The topological polar surface area (TPSA) is 89.3 Å². The van der Waals surface area contributed by atoms with Crippen molar-refractivity contribution in [1.82, 2.24) is 0 Å². The molecule has 2 rings (SSSR count). The van der Waals surface area contributed by atoms with Crippen molar-refractivity contribution in [2.24, 2.45) is 0 Å². The number of terminal acetylenes is 4. The van der Waals surface area contributed by atoms with Crippen molar-refractivity contribution >= 4 is 17.3 Å². The van der Waals surface area contributed by atoms with Gasteiger partial charge in [0.15, 0.2) is 0 Å². The first-order valence-corrected chi connectivity index (χ1v) is 9.56. The van der Waals surface area contributed by atoms with Crippen LogP contribution in [0.15, 0.2) is 24.3 Å². The Kier molecular flexibility index (Phi) is 7.06. The molecule has 0 aliphatic carbocycles. The molecule has 0 aromatic heterocycles. The number of hydrogen-bond acceptors (Lipinski definition) is 3. The van der Waals surface area contributed by atoms with Crippen LogP contribution in [0.5, 0.6) is 0 Å². The van der Waals surface area contributed by atoms with Crippen LogP contribution in [0.25, 0.3) is 0 Å². The van der Waals surface area contributed by atoms with E-state index in [1.807, 2.05) is 0 Å². The summed E-state index contributed by atoms with van der Waals surface area (Å²) >= 11 is 0. The van der Waals surface area contributed by atoms with Crippen LogP contribution in [0.3, 0.4) is 0 Å². The van der Waals surface area contributed by atoms with Gasteiger partial charge in [-0.2, -0.15) is 0 Å². The summed E-state index contributed by atoms with van der Waals surface area (Å²) in [6.45, 7) is 1.62. The molecule has 2 aromatic rings. The van der Waals surface area contributed by atoms with Gasteiger partial charge in [0.25, 0.3) is 0 Å². The fourth-order valence-electron chi connectivity index (χ4n) is 3.96. The Hall–Kier alpha value is -4.25. The Morgan fingerprint density at radius 2 is 1.10 bits per heavy atom. The number of rotatable bonds is 7. The number of anilines is 2. The van der Waals surface area contributed by atoms with E-state index in [1.165, 1.54) is 0 Å². The highest BCUT2D eigenvalue weighted by atomic mass is 16.4. The van der Waals surface area contributed by atoms with Gasteiger partial charge in [0.05, 0.1) is 0 Å². The molecular formula is C27H24N2O2. The maximum absolute atomic E-state index is 12.8. The van der Waals surface area contributed by atoms with Gasteiger partial charge in [0, 0.05) is 37.1 Å². The molecule has 0 aliphatic rings. The fourth-order valence-corrected chi connectivity index (χ4v) is 3.96. The van der Waals surface area contributed by atoms with E-state index >= 15 is 0 Å². The molecule has 0 bridgehead atoms. The Morgan fingerprint density at radius 1 is 0.774 bits per heavy atom. The standard InChI is InChI=1S/C27H24N2O2/c1-6-10-18-20(12-8-3)24(28)16-14-22(18)27(5,26(30)31)23-15-17-25(29)21(13-9-4)19(23)11-7-2/h1-4,14-17H,10-13,28-29H2,5H3,(H,30,31). The number of nitrogens with two attached hydrogens (primary N) is 2. The Labute approximate surface area is 184 Å². The van der Waals surface area contributed by atoms with Crippen molar-refractivity contribution in [3.63, 3.8) is 0 Å². The van der Waals surface area contributed by atoms with E-state index in [0.29, 0.717) is 44.8 Å². The highest BCUT2D eigenvalue weighted by Crippen LogP contribution is 2.41. The van der Waals surface area contributed by atoms with Crippen molar-refractivity contribution in [2.75, 3.05) is 11.5 Å². The van der Waals surface area contributed by atoms with Crippen LogP contribution in [0.4, 0.5) is 11.4 Å².